The van der Waals surface area contributed by atoms with Gasteiger partial charge in [0.2, 0.25) is 0 Å². The molecule has 0 N–H and O–H groups in total. The van der Waals surface area contributed by atoms with E-state index in [9.17, 15) is 8.78 Å². The van der Waals surface area contributed by atoms with Gasteiger partial charge >= 0.3 is 5.02 Å². The molecule has 0 atom stereocenters. The topological polar surface area (TPSA) is 26.3 Å². The van der Waals surface area contributed by atoms with E-state index < -0.39 is 5.02 Å². The summed E-state index contributed by atoms with van der Waals surface area (Å²) in [5.74, 6) is 0. The van der Waals surface area contributed by atoms with Gasteiger partial charge in [-0.05, 0) is 0 Å². The van der Waals surface area contributed by atoms with Gasteiger partial charge in [-0.25, -0.2) is 0 Å². The van der Waals surface area contributed by atoms with Crippen LogP contribution in [0.1, 0.15) is 0 Å². The molecule has 0 saturated carbocycles. The predicted octanol–water partition coefficient (Wildman–Crippen LogP) is 1.10. The second kappa shape index (κ2) is 2.20. The largest absolute Gasteiger partial charge is 0.461 e. The fourth-order valence-electron chi connectivity index (χ4n) is 0.0546. The monoisotopic (exact) mass is 174 g/mol. The second-order valence-corrected chi connectivity index (χ2v) is 1.58. The number of halogens is 3. The van der Waals surface area contributed by atoms with Crippen molar-refractivity contribution in [2.45, 2.75) is 5.02 Å². The first-order valence-electron chi connectivity index (χ1n) is 1.24. The van der Waals surface area contributed by atoms with E-state index in [1.165, 1.54) is 0 Å². The van der Waals surface area contributed by atoms with E-state index in [0.29, 0.717) is 0 Å². The van der Waals surface area contributed by atoms with Crippen molar-refractivity contribution in [3.8, 4) is 0 Å². The van der Waals surface area contributed by atoms with Crippen LogP contribution in [0.25, 0.3) is 0 Å². The van der Waals surface area contributed by atoms with E-state index in [1.807, 2.05) is 0 Å². The summed E-state index contributed by atoms with van der Waals surface area (Å²) in [5, 5.41) is -3.51. The van der Waals surface area contributed by atoms with Gasteiger partial charge < -0.3 is 4.74 Å². The third-order valence-corrected chi connectivity index (χ3v) is 0.369. The lowest BCUT2D eigenvalue weighted by atomic mass is 11.4. The van der Waals surface area contributed by atoms with Gasteiger partial charge in [0, 0.05) is 15.9 Å². The molecule has 0 fully saturated rings. The summed E-state index contributed by atoms with van der Waals surface area (Å²) in [6, 6.07) is 0. The number of alkyl halides is 3. The summed E-state index contributed by atoms with van der Waals surface area (Å²) in [5.41, 5.74) is 0. The zero-order valence-electron chi connectivity index (χ0n) is 3.03. The van der Waals surface area contributed by atoms with E-state index in [-0.39, 0.29) is 6.47 Å². The predicted molar refractivity (Wildman–Crippen MR) is 21.0 cm³/mol. The van der Waals surface area contributed by atoms with E-state index in [1.54, 1.807) is 15.9 Å². The Morgan fingerprint density at radius 1 is 1.71 bits per heavy atom. The zero-order valence-corrected chi connectivity index (χ0v) is 4.61. The van der Waals surface area contributed by atoms with Gasteiger partial charge in [-0.3, -0.25) is 4.79 Å². The van der Waals surface area contributed by atoms with Crippen LogP contribution in [0.5, 0.6) is 0 Å². The van der Waals surface area contributed by atoms with Gasteiger partial charge in [0.25, 0.3) is 6.47 Å². The summed E-state index contributed by atoms with van der Waals surface area (Å²) >= 11 is 1.75. The van der Waals surface area contributed by atoms with Crippen molar-refractivity contribution in [2.75, 3.05) is 0 Å². The summed E-state index contributed by atoms with van der Waals surface area (Å²) < 4.78 is 25.5. The fraction of sp³-hybridized carbons (Fsp3) is 0.500. The van der Waals surface area contributed by atoms with E-state index in [2.05, 4.69) is 4.74 Å². The third-order valence-electron chi connectivity index (χ3n) is 0.182. The number of carbonyl (C=O) groups excluding carboxylic acids is 1. The van der Waals surface area contributed by atoms with E-state index >= 15 is 0 Å². The fourth-order valence-corrected chi connectivity index (χ4v) is 0.131. The molecule has 0 aliphatic carbocycles. The lowest BCUT2D eigenvalue weighted by Gasteiger charge is -2.00. The molecule has 0 saturated heterocycles. The number of ether oxygens (including phenoxy) is 1. The molecule has 0 unspecified atom stereocenters. The molecule has 0 spiro atoms. The van der Waals surface area contributed by atoms with E-state index in [0.717, 1.165) is 0 Å². The number of carbonyl (C=O) groups is 1. The molecular formula is C2HBrF2O2. The molecule has 2 nitrogen and oxygen atoms in total. The highest BCUT2D eigenvalue weighted by Crippen LogP contribution is 2.20. The average molecular weight is 175 g/mol. The van der Waals surface area contributed by atoms with Gasteiger partial charge in [0.15, 0.2) is 0 Å². The minimum atomic E-state index is -3.51. The maximum atomic E-state index is 11.2. The number of rotatable bonds is 2. The Hall–Kier alpha value is -0.190. The first kappa shape index (κ1) is 6.81. The maximum absolute atomic E-state index is 11.2. The van der Waals surface area contributed by atoms with Gasteiger partial charge in [0.1, 0.15) is 0 Å². The molecule has 0 aliphatic heterocycles. The lowest BCUT2D eigenvalue weighted by Crippen LogP contribution is -2.08. The zero-order chi connectivity index (χ0) is 5.91. The summed E-state index contributed by atoms with van der Waals surface area (Å²) in [6.45, 7) is -0.339. The highest BCUT2D eigenvalue weighted by atomic mass is 79.9. The first-order chi connectivity index (χ1) is 3.06. The van der Waals surface area contributed by atoms with Crippen LogP contribution in [0.3, 0.4) is 0 Å². The molecule has 0 aliphatic rings. The molecule has 0 aromatic carbocycles. The Morgan fingerprint density at radius 2 is 2.14 bits per heavy atom. The molecule has 0 bridgehead atoms. The molecule has 5 heteroatoms. The Balaban J connectivity index is 3.34. The van der Waals surface area contributed by atoms with Crippen LogP contribution in [-0.4, -0.2) is 11.5 Å². The molecule has 0 aromatic heterocycles. The maximum Gasteiger partial charge on any atom is 0.461 e. The van der Waals surface area contributed by atoms with Crippen molar-refractivity contribution >= 4 is 22.4 Å². The van der Waals surface area contributed by atoms with E-state index in [4.69, 9.17) is 4.79 Å². The van der Waals surface area contributed by atoms with Crippen LogP contribution >= 0.6 is 15.9 Å². The van der Waals surface area contributed by atoms with Gasteiger partial charge in [0.05, 0.1) is 0 Å². The number of hydrogen-bond donors (Lipinski definition) is 0. The van der Waals surface area contributed by atoms with Gasteiger partial charge in [-0.2, -0.15) is 8.78 Å². The Morgan fingerprint density at radius 3 is 2.14 bits per heavy atom. The summed E-state index contributed by atoms with van der Waals surface area (Å²) in [6.07, 6.45) is 0. The van der Waals surface area contributed by atoms with Crippen LogP contribution in [0.4, 0.5) is 8.78 Å². The molecule has 0 amide bonds. The van der Waals surface area contributed by atoms with Gasteiger partial charge in [-0.15, -0.1) is 0 Å². The van der Waals surface area contributed by atoms with Crippen molar-refractivity contribution < 1.29 is 18.3 Å². The van der Waals surface area contributed by atoms with Crippen LogP contribution in [-0.2, 0) is 9.53 Å². The summed E-state index contributed by atoms with van der Waals surface area (Å²) in [7, 11) is 0. The highest BCUT2D eigenvalue weighted by Gasteiger charge is 2.24. The van der Waals surface area contributed by atoms with Crippen molar-refractivity contribution in [1.29, 1.82) is 0 Å². The van der Waals surface area contributed by atoms with Crippen molar-refractivity contribution in [3.63, 3.8) is 0 Å². The molecule has 0 heterocycles. The minimum Gasteiger partial charge on any atom is -0.394 e. The quantitative estimate of drug-likeness (QED) is 0.464. The molecule has 7 heavy (non-hydrogen) atoms. The minimum absolute atomic E-state index is 0.339. The van der Waals surface area contributed by atoms with Crippen LogP contribution in [0, 0.1) is 0 Å². The SMILES string of the molecule is O=COC(F)(F)Br. The van der Waals surface area contributed by atoms with Crippen LogP contribution < -0.4 is 0 Å². The first-order valence-corrected chi connectivity index (χ1v) is 2.04. The van der Waals surface area contributed by atoms with Crippen molar-refractivity contribution in [3.05, 3.63) is 0 Å². The highest BCUT2D eigenvalue weighted by molar-refractivity contribution is 9.09. The number of hydrogen-bond acceptors (Lipinski definition) is 2. The van der Waals surface area contributed by atoms with Crippen molar-refractivity contribution in [1.82, 2.24) is 0 Å². The smallest absolute Gasteiger partial charge is 0.394 e. The normalized spacial score (nSPS) is 10.7. The molecule has 42 valence electrons. The Labute approximate surface area is 46.6 Å². The average Bonchev–Trinajstić information content (AvgIpc) is 1.30. The molecule has 0 aromatic rings. The van der Waals surface area contributed by atoms with Gasteiger partial charge in [-0.1, -0.05) is 0 Å². The third kappa shape index (κ3) is 5.81. The molecular weight excluding hydrogens is 174 g/mol. The Kier molecular flexibility index (Phi) is 2.14. The summed E-state index contributed by atoms with van der Waals surface area (Å²) in [4.78, 5) is 9.09. The lowest BCUT2D eigenvalue weighted by molar-refractivity contribution is -0.170. The Bertz CT molecular complexity index is 68.6. The van der Waals surface area contributed by atoms with Crippen molar-refractivity contribution in [2.24, 2.45) is 0 Å². The van der Waals surface area contributed by atoms with Crippen LogP contribution in [0.15, 0.2) is 0 Å². The molecule has 0 radical (unpaired) electrons. The second-order valence-electron chi connectivity index (χ2n) is 0.660. The molecule has 0 rings (SSSR count). The standard InChI is InChI=1S/C2HBrF2O2/c3-2(4,5)7-1-6/h1H. The van der Waals surface area contributed by atoms with Crippen LogP contribution in [0.2, 0.25) is 0 Å².